The van der Waals surface area contributed by atoms with Crippen molar-refractivity contribution in [1.82, 2.24) is 4.98 Å². The smallest absolute Gasteiger partial charge is 0.307 e. The monoisotopic (exact) mass is 451 g/mol. The zero-order valence-electron chi connectivity index (χ0n) is 20.1. The molecule has 2 rings (SSSR count). The Labute approximate surface area is 197 Å². The van der Waals surface area contributed by atoms with E-state index in [1.165, 1.54) is 5.57 Å². The van der Waals surface area contributed by atoms with E-state index in [0.717, 1.165) is 36.3 Å². The molecule has 2 aromatic rings. The molecule has 1 aromatic heterocycles. The summed E-state index contributed by atoms with van der Waals surface area (Å²) in [5.41, 5.74) is 3.09. The molecule has 0 fully saturated rings. The Morgan fingerprint density at radius 2 is 2.03 bits per heavy atom. The summed E-state index contributed by atoms with van der Waals surface area (Å²) < 4.78 is 11.6. The molecule has 1 heterocycles. The maximum Gasteiger partial charge on any atom is 0.307 e. The van der Waals surface area contributed by atoms with Crippen LogP contribution in [0.5, 0.6) is 0 Å². The summed E-state index contributed by atoms with van der Waals surface area (Å²) in [4.78, 5) is 16.3. The van der Waals surface area contributed by atoms with Crippen LogP contribution in [-0.2, 0) is 16.0 Å². The van der Waals surface area contributed by atoms with Crippen molar-refractivity contribution in [3.05, 3.63) is 78.2 Å². The largest absolute Gasteiger partial charge is 0.481 e. The molecule has 33 heavy (non-hydrogen) atoms. The predicted molar refractivity (Wildman–Crippen MR) is 133 cm³/mol. The summed E-state index contributed by atoms with van der Waals surface area (Å²) in [7, 11) is 0. The second-order valence-electron chi connectivity index (χ2n) is 8.32. The highest BCUT2D eigenvalue weighted by Gasteiger charge is 2.25. The first kappa shape index (κ1) is 26.3. The molecular weight excluding hydrogens is 414 g/mol. The molecular formula is C28H37NO4. The number of oxazole rings is 1. The van der Waals surface area contributed by atoms with Gasteiger partial charge in [-0.2, -0.15) is 0 Å². The van der Waals surface area contributed by atoms with E-state index in [0.29, 0.717) is 31.9 Å². The van der Waals surface area contributed by atoms with Gasteiger partial charge < -0.3 is 14.3 Å². The highest BCUT2D eigenvalue weighted by molar-refractivity contribution is 5.70. The second-order valence-corrected chi connectivity index (χ2v) is 8.32. The van der Waals surface area contributed by atoms with E-state index in [1.54, 1.807) is 6.08 Å². The quantitative estimate of drug-likeness (QED) is 0.183. The number of carboxylic acids is 1. The van der Waals surface area contributed by atoms with Crippen molar-refractivity contribution >= 4 is 5.97 Å². The topological polar surface area (TPSA) is 72.6 Å². The summed E-state index contributed by atoms with van der Waals surface area (Å²) in [6, 6.07) is 9.87. The molecule has 1 aromatic carbocycles. The van der Waals surface area contributed by atoms with E-state index in [2.05, 4.69) is 24.6 Å². The molecule has 0 radical (unpaired) electrons. The first-order valence-electron chi connectivity index (χ1n) is 11.7. The molecule has 0 bridgehead atoms. The Morgan fingerprint density at radius 1 is 1.27 bits per heavy atom. The molecule has 0 saturated carbocycles. The van der Waals surface area contributed by atoms with Crippen LogP contribution in [0.15, 0.2) is 71.2 Å². The number of hydrogen-bond acceptors (Lipinski definition) is 4. The van der Waals surface area contributed by atoms with Gasteiger partial charge in [0.1, 0.15) is 5.76 Å². The number of ether oxygens (including phenoxy) is 1. The normalized spacial score (nSPS) is 13.8. The van der Waals surface area contributed by atoms with E-state index < -0.39 is 5.97 Å². The molecule has 0 aliphatic carbocycles. The van der Waals surface area contributed by atoms with Crippen molar-refractivity contribution in [3.8, 4) is 11.5 Å². The average Bonchev–Trinajstić information content (AvgIpc) is 3.18. The SMILES string of the molecule is C=C/C=C/C(CC/C(C)=C/COCCc1nc(-c2ccccc2)oc1C)C(CCC)C(=O)O. The lowest BCUT2D eigenvalue weighted by Crippen LogP contribution is -2.22. The molecule has 1 N–H and O–H groups in total. The third-order valence-electron chi connectivity index (χ3n) is 5.75. The highest BCUT2D eigenvalue weighted by atomic mass is 16.5. The van der Waals surface area contributed by atoms with Crippen LogP contribution in [0.4, 0.5) is 0 Å². The van der Waals surface area contributed by atoms with Crippen molar-refractivity contribution < 1.29 is 19.1 Å². The minimum atomic E-state index is -0.723. The van der Waals surface area contributed by atoms with E-state index >= 15 is 0 Å². The van der Waals surface area contributed by atoms with Crippen molar-refractivity contribution in [2.45, 2.75) is 52.9 Å². The van der Waals surface area contributed by atoms with E-state index in [-0.39, 0.29) is 11.8 Å². The number of carbonyl (C=O) groups is 1. The molecule has 0 aliphatic rings. The zero-order chi connectivity index (χ0) is 24.1. The van der Waals surface area contributed by atoms with Gasteiger partial charge in [-0.3, -0.25) is 4.79 Å². The predicted octanol–water partition coefficient (Wildman–Crippen LogP) is 6.79. The average molecular weight is 452 g/mol. The van der Waals surface area contributed by atoms with Gasteiger partial charge in [-0.15, -0.1) is 0 Å². The van der Waals surface area contributed by atoms with Crippen molar-refractivity contribution in [3.63, 3.8) is 0 Å². The third kappa shape index (κ3) is 8.85. The van der Waals surface area contributed by atoms with Crippen LogP contribution in [-0.4, -0.2) is 29.3 Å². The molecule has 0 saturated heterocycles. The van der Waals surface area contributed by atoms with Gasteiger partial charge in [0.05, 0.1) is 24.8 Å². The van der Waals surface area contributed by atoms with E-state index in [9.17, 15) is 9.90 Å². The third-order valence-corrected chi connectivity index (χ3v) is 5.75. The number of nitrogens with zero attached hydrogens (tertiary/aromatic N) is 1. The molecule has 5 heteroatoms. The first-order valence-corrected chi connectivity index (χ1v) is 11.7. The van der Waals surface area contributed by atoms with Gasteiger partial charge in [-0.05, 0) is 51.2 Å². The maximum atomic E-state index is 11.7. The Bertz CT molecular complexity index is 927. The minimum Gasteiger partial charge on any atom is -0.481 e. The number of aromatic nitrogens is 1. The van der Waals surface area contributed by atoms with Crippen LogP contribution in [0.1, 0.15) is 51.0 Å². The van der Waals surface area contributed by atoms with Crippen molar-refractivity contribution in [2.75, 3.05) is 13.2 Å². The number of rotatable bonds is 15. The number of benzene rings is 1. The van der Waals surface area contributed by atoms with Crippen LogP contribution in [0, 0.1) is 18.8 Å². The van der Waals surface area contributed by atoms with E-state index in [4.69, 9.17) is 9.15 Å². The Balaban J connectivity index is 1.80. The number of carboxylic acid groups (broad SMARTS) is 1. The lowest BCUT2D eigenvalue weighted by molar-refractivity contribution is -0.143. The molecule has 2 unspecified atom stereocenters. The van der Waals surface area contributed by atoms with Gasteiger partial charge in [0, 0.05) is 12.0 Å². The summed E-state index contributed by atoms with van der Waals surface area (Å²) in [6.07, 6.45) is 11.5. The fourth-order valence-electron chi connectivity index (χ4n) is 3.80. The molecule has 178 valence electrons. The number of aliphatic carboxylic acids is 1. The molecule has 5 nitrogen and oxygen atoms in total. The highest BCUT2D eigenvalue weighted by Crippen LogP contribution is 2.26. The lowest BCUT2D eigenvalue weighted by Gasteiger charge is -2.21. The Morgan fingerprint density at radius 3 is 2.70 bits per heavy atom. The van der Waals surface area contributed by atoms with Gasteiger partial charge in [0.25, 0.3) is 0 Å². The fraction of sp³-hybridized carbons (Fsp3) is 0.429. The van der Waals surface area contributed by atoms with Crippen molar-refractivity contribution in [1.29, 1.82) is 0 Å². The standard InChI is InChI=1S/C28H37NO4/c1-5-7-12-23(25(11-6-2)28(30)31)16-15-21(3)17-19-32-20-18-26-22(4)33-27(29-26)24-13-9-8-10-14-24/h5,7-10,12-14,17,23,25H,1,6,11,15-16,18-20H2,2-4H3,(H,30,31)/b12-7+,21-17+. The summed E-state index contributed by atoms with van der Waals surface area (Å²) in [6.45, 7) is 10.8. The second kappa shape index (κ2) is 14.3. The zero-order valence-corrected chi connectivity index (χ0v) is 20.1. The van der Waals surface area contributed by atoms with Crippen LogP contribution >= 0.6 is 0 Å². The van der Waals surface area contributed by atoms with Gasteiger partial charge in [0.15, 0.2) is 0 Å². The molecule has 0 amide bonds. The molecule has 0 aliphatic heterocycles. The fourth-order valence-corrected chi connectivity index (χ4v) is 3.80. The van der Waals surface area contributed by atoms with E-state index in [1.807, 2.05) is 56.3 Å². The first-order chi connectivity index (χ1) is 16.0. The summed E-state index contributed by atoms with van der Waals surface area (Å²) >= 11 is 0. The lowest BCUT2D eigenvalue weighted by atomic mass is 9.84. The van der Waals surface area contributed by atoms with Crippen LogP contribution in [0.2, 0.25) is 0 Å². The molecule has 2 atom stereocenters. The van der Waals surface area contributed by atoms with Crippen LogP contribution in [0.25, 0.3) is 11.5 Å². The Kier molecular flexibility index (Phi) is 11.4. The molecule has 0 spiro atoms. The Hall–Kier alpha value is -2.92. The summed E-state index contributed by atoms with van der Waals surface area (Å²) in [5, 5.41) is 9.61. The van der Waals surface area contributed by atoms with Crippen LogP contribution < -0.4 is 0 Å². The number of hydrogen-bond donors (Lipinski definition) is 1. The van der Waals surface area contributed by atoms with Gasteiger partial charge in [-0.1, -0.05) is 68.0 Å². The van der Waals surface area contributed by atoms with Gasteiger partial charge in [-0.25, -0.2) is 4.98 Å². The van der Waals surface area contributed by atoms with Crippen LogP contribution in [0.3, 0.4) is 0 Å². The minimum absolute atomic E-state index is 0.00123. The van der Waals surface area contributed by atoms with Gasteiger partial charge >= 0.3 is 5.97 Å². The maximum absolute atomic E-state index is 11.7. The van der Waals surface area contributed by atoms with Gasteiger partial charge in [0.2, 0.25) is 5.89 Å². The van der Waals surface area contributed by atoms with Crippen molar-refractivity contribution in [2.24, 2.45) is 11.8 Å². The number of aryl methyl sites for hydroxylation is 1. The number of allylic oxidation sites excluding steroid dienone is 4. The summed E-state index contributed by atoms with van der Waals surface area (Å²) in [5.74, 6) is 0.379.